The predicted octanol–water partition coefficient (Wildman–Crippen LogP) is 0.952. The predicted molar refractivity (Wildman–Crippen MR) is 102 cm³/mol. The van der Waals surface area contributed by atoms with Gasteiger partial charge in [0.25, 0.3) is 11.8 Å². The number of hydrogen-bond donors (Lipinski definition) is 3. The second kappa shape index (κ2) is 6.69. The molecule has 1 aromatic heterocycles. The van der Waals surface area contributed by atoms with Gasteiger partial charge in [-0.1, -0.05) is 0 Å². The molecule has 2 aliphatic carbocycles. The first-order chi connectivity index (χ1) is 13.6. The zero-order valence-corrected chi connectivity index (χ0v) is 16.6. The Hall–Kier alpha value is -2.68. The van der Waals surface area contributed by atoms with Crippen molar-refractivity contribution in [1.29, 1.82) is 0 Å². The van der Waals surface area contributed by atoms with Crippen LogP contribution in [0.1, 0.15) is 56.3 Å². The van der Waals surface area contributed by atoms with E-state index in [-0.39, 0.29) is 47.4 Å². The van der Waals surface area contributed by atoms with Crippen molar-refractivity contribution in [3.8, 4) is 5.88 Å². The lowest BCUT2D eigenvalue weighted by Crippen LogP contribution is -2.60. The van der Waals surface area contributed by atoms with Gasteiger partial charge in [0, 0.05) is 18.7 Å². The molecule has 3 fully saturated rings. The average molecular weight is 402 g/mol. The van der Waals surface area contributed by atoms with Crippen LogP contribution in [-0.2, 0) is 4.79 Å². The van der Waals surface area contributed by atoms with Gasteiger partial charge in [0.05, 0.1) is 5.60 Å². The molecule has 1 unspecified atom stereocenters. The molecule has 3 aliphatic rings. The highest BCUT2D eigenvalue weighted by atomic mass is 16.5. The van der Waals surface area contributed by atoms with Crippen molar-refractivity contribution in [1.82, 2.24) is 15.2 Å². The molecule has 9 heteroatoms. The van der Waals surface area contributed by atoms with Gasteiger partial charge in [0.15, 0.2) is 0 Å². The Morgan fingerprint density at radius 3 is 2.69 bits per heavy atom. The molecule has 156 valence electrons. The summed E-state index contributed by atoms with van der Waals surface area (Å²) in [6.07, 6.45) is 4.74. The minimum Gasteiger partial charge on any atom is -0.474 e. The molecule has 1 aliphatic heterocycles. The maximum absolute atomic E-state index is 12.6. The topological polar surface area (TPSA) is 135 Å². The van der Waals surface area contributed by atoms with Gasteiger partial charge in [-0.2, -0.15) is 0 Å². The van der Waals surface area contributed by atoms with Crippen LogP contribution < -0.4 is 15.8 Å². The van der Waals surface area contributed by atoms with Crippen molar-refractivity contribution in [3.05, 3.63) is 23.9 Å². The summed E-state index contributed by atoms with van der Waals surface area (Å²) >= 11 is 0. The molecular formula is C20H26N4O5. The molecule has 4 amide bonds. The molecule has 9 nitrogen and oxygen atoms in total. The van der Waals surface area contributed by atoms with Gasteiger partial charge in [-0.15, -0.1) is 0 Å². The van der Waals surface area contributed by atoms with E-state index in [0.29, 0.717) is 0 Å². The van der Waals surface area contributed by atoms with E-state index in [0.717, 1.165) is 25.7 Å². The van der Waals surface area contributed by atoms with Crippen LogP contribution in [0.3, 0.4) is 0 Å². The van der Waals surface area contributed by atoms with Crippen LogP contribution in [0, 0.1) is 5.41 Å². The normalized spacial score (nSPS) is 31.3. The maximum atomic E-state index is 12.6. The van der Waals surface area contributed by atoms with Crippen LogP contribution in [0.15, 0.2) is 18.3 Å². The maximum Gasteiger partial charge on any atom is 0.325 e. The largest absolute Gasteiger partial charge is 0.474 e. The van der Waals surface area contributed by atoms with E-state index in [9.17, 15) is 19.5 Å². The lowest BCUT2D eigenvalue weighted by Gasteiger charge is -2.58. The van der Waals surface area contributed by atoms with E-state index >= 15 is 0 Å². The fourth-order valence-electron chi connectivity index (χ4n) is 4.81. The Morgan fingerprint density at radius 1 is 1.38 bits per heavy atom. The number of urea groups is 1. The van der Waals surface area contributed by atoms with Crippen LogP contribution in [0.5, 0.6) is 5.88 Å². The Morgan fingerprint density at radius 2 is 2.07 bits per heavy atom. The number of nitrogens with two attached hydrogens (primary N) is 1. The Bertz CT molecular complexity index is 851. The second-order valence-electron chi connectivity index (χ2n) is 9.16. The highest BCUT2D eigenvalue weighted by Gasteiger charge is 2.58. The number of carbonyl (C=O) groups is 3. The zero-order valence-electron chi connectivity index (χ0n) is 16.6. The number of nitrogens with zero attached hydrogens (tertiary/aromatic N) is 2. The highest BCUT2D eigenvalue weighted by Crippen LogP contribution is 2.58. The van der Waals surface area contributed by atoms with E-state index in [2.05, 4.69) is 10.3 Å². The molecule has 0 radical (unpaired) electrons. The summed E-state index contributed by atoms with van der Waals surface area (Å²) in [4.78, 5) is 41.8. The molecule has 4 rings (SSSR count). The Labute approximate surface area is 168 Å². The average Bonchev–Trinajstić information content (AvgIpc) is 2.81. The van der Waals surface area contributed by atoms with Crippen LogP contribution in [0.25, 0.3) is 0 Å². The Kier molecular flexibility index (Phi) is 4.53. The molecule has 1 spiro atoms. The first kappa shape index (κ1) is 19.6. The number of rotatable bonds is 6. The number of primary amides is 1. The van der Waals surface area contributed by atoms with Gasteiger partial charge in [-0.3, -0.25) is 14.5 Å². The number of amides is 4. The summed E-state index contributed by atoms with van der Waals surface area (Å²) in [7, 11) is 0. The van der Waals surface area contributed by atoms with Crippen LogP contribution in [0.4, 0.5) is 4.79 Å². The summed E-state index contributed by atoms with van der Waals surface area (Å²) in [6.45, 7) is 3.24. The third-order valence-corrected chi connectivity index (χ3v) is 6.09. The van der Waals surface area contributed by atoms with Gasteiger partial charge in [0.2, 0.25) is 5.88 Å². The number of aliphatic hydroxyl groups is 1. The molecule has 0 aromatic carbocycles. The smallest absolute Gasteiger partial charge is 0.325 e. The number of aromatic nitrogens is 1. The van der Waals surface area contributed by atoms with E-state index in [1.165, 1.54) is 4.90 Å². The van der Waals surface area contributed by atoms with Crippen molar-refractivity contribution < 1.29 is 24.2 Å². The van der Waals surface area contributed by atoms with Crippen LogP contribution in [0.2, 0.25) is 0 Å². The molecular weight excluding hydrogens is 376 g/mol. The quantitative estimate of drug-likeness (QED) is 0.607. The van der Waals surface area contributed by atoms with E-state index in [4.69, 9.17) is 10.5 Å². The first-order valence-electron chi connectivity index (χ1n) is 9.84. The molecule has 29 heavy (non-hydrogen) atoms. The Balaban J connectivity index is 1.31. The van der Waals surface area contributed by atoms with Gasteiger partial charge in [-0.25, -0.2) is 9.78 Å². The number of carbonyl (C=O) groups excluding carboxylic acids is 3. The number of nitrogens with one attached hydrogen (secondary N) is 1. The SMILES string of the molecule is CC(C)(O)CC1NC(=O)N([C@H]2CC3(C[C@H](Oc4ncccc4C(N)=O)C3)C2)C1=O. The van der Waals surface area contributed by atoms with Crippen molar-refractivity contribution in [3.63, 3.8) is 0 Å². The molecule has 1 aromatic rings. The van der Waals surface area contributed by atoms with E-state index < -0.39 is 17.6 Å². The number of imide groups is 1. The molecule has 1 atom stereocenters. The van der Waals surface area contributed by atoms with Gasteiger partial charge >= 0.3 is 6.03 Å². The van der Waals surface area contributed by atoms with Gasteiger partial charge < -0.3 is 20.9 Å². The summed E-state index contributed by atoms with van der Waals surface area (Å²) in [6, 6.07) is 2.05. The second-order valence-corrected chi connectivity index (χ2v) is 9.16. The minimum absolute atomic E-state index is 0.0602. The lowest BCUT2D eigenvalue weighted by molar-refractivity contribution is -0.141. The zero-order chi connectivity index (χ0) is 21.0. The lowest BCUT2D eigenvalue weighted by atomic mass is 9.52. The molecule has 0 bridgehead atoms. The standard InChI is InChI=1S/C20H26N4O5/c1-19(2,28)10-14-17(26)24(18(27)23-14)11-6-20(7-11)8-12(9-20)29-16-13(15(21)25)4-3-5-22-16/h3-5,11-12,14,28H,6-10H2,1-2H3,(H2,21,25)(H,23,27)/t11-,12-,14?,20?. The summed E-state index contributed by atoms with van der Waals surface area (Å²) in [5, 5.41) is 12.6. The number of ether oxygens (including phenoxy) is 1. The van der Waals surface area contributed by atoms with Gasteiger partial charge in [-0.05, 0) is 57.1 Å². The monoisotopic (exact) mass is 402 g/mol. The summed E-state index contributed by atoms with van der Waals surface area (Å²) in [5.41, 5.74) is 4.65. The van der Waals surface area contributed by atoms with Crippen LogP contribution >= 0.6 is 0 Å². The highest BCUT2D eigenvalue weighted by molar-refractivity contribution is 6.04. The third-order valence-electron chi connectivity index (χ3n) is 6.09. The van der Waals surface area contributed by atoms with E-state index in [1.54, 1.807) is 32.2 Å². The van der Waals surface area contributed by atoms with Crippen molar-refractivity contribution in [2.24, 2.45) is 11.1 Å². The van der Waals surface area contributed by atoms with Gasteiger partial charge in [0.1, 0.15) is 17.7 Å². The molecule has 2 heterocycles. The first-order valence-corrected chi connectivity index (χ1v) is 9.84. The minimum atomic E-state index is -1.03. The molecule has 4 N–H and O–H groups in total. The number of hydrogen-bond acceptors (Lipinski definition) is 6. The number of pyridine rings is 1. The molecule has 2 saturated carbocycles. The summed E-state index contributed by atoms with van der Waals surface area (Å²) in [5.74, 6) is -0.590. The van der Waals surface area contributed by atoms with Crippen molar-refractivity contribution in [2.45, 2.75) is 69.7 Å². The molecule has 1 saturated heterocycles. The van der Waals surface area contributed by atoms with E-state index in [1.807, 2.05) is 0 Å². The third kappa shape index (κ3) is 3.66. The van der Waals surface area contributed by atoms with Crippen molar-refractivity contribution >= 4 is 17.8 Å². The fraction of sp³-hybridized carbons (Fsp3) is 0.600. The van der Waals surface area contributed by atoms with Crippen LogP contribution in [-0.4, -0.2) is 56.6 Å². The van der Waals surface area contributed by atoms with Crippen molar-refractivity contribution in [2.75, 3.05) is 0 Å². The summed E-state index contributed by atoms with van der Waals surface area (Å²) < 4.78 is 5.85. The fourth-order valence-corrected chi connectivity index (χ4v) is 4.81.